The van der Waals surface area contributed by atoms with Gasteiger partial charge in [0.15, 0.2) is 11.5 Å². The van der Waals surface area contributed by atoms with Gasteiger partial charge in [-0.05, 0) is 50.4 Å². The highest BCUT2D eigenvalue weighted by molar-refractivity contribution is 5.43. The molecule has 2 unspecified atom stereocenters. The smallest absolute Gasteiger partial charge is 0.161 e. The van der Waals surface area contributed by atoms with Crippen molar-refractivity contribution in [2.75, 3.05) is 33.4 Å². The van der Waals surface area contributed by atoms with Crippen molar-refractivity contribution in [1.82, 2.24) is 4.90 Å². The molecule has 4 heteroatoms. The van der Waals surface area contributed by atoms with E-state index in [0.29, 0.717) is 12.5 Å². The van der Waals surface area contributed by atoms with Crippen molar-refractivity contribution in [3.05, 3.63) is 23.8 Å². The molecule has 0 amide bonds. The van der Waals surface area contributed by atoms with Crippen LogP contribution in [0.1, 0.15) is 32.3 Å². The molecule has 1 aromatic rings. The molecule has 0 saturated carbocycles. The minimum atomic E-state index is -0.203. The van der Waals surface area contributed by atoms with Gasteiger partial charge in [-0.15, -0.1) is 0 Å². The fraction of sp³-hybridized carbons (Fsp3) is 0.667. The molecule has 1 N–H and O–H groups in total. The van der Waals surface area contributed by atoms with Gasteiger partial charge in [0.25, 0.3) is 0 Å². The average Bonchev–Trinajstić information content (AvgIpc) is 2.51. The van der Waals surface area contributed by atoms with Crippen LogP contribution in [0, 0.1) is 5.92 Å². The van der Waals surface area contributed by atoms with Gasteiger partial charge in [0, 0.05) is 19.0 Å². The lowest BCUT2D eigenvalue weighted by Gasteiger charge is -2.36. The Bertz CT molecular complexity index is 464. The standard InChI is InChI=1S/C18H29NO3/c1-4-9-19-10-8-16(20)15(13-19)11-14-6-7-17(21-3)18(12-14)22-5-2/h6-7,12,15-16,20H,4-5,8-11,13H2,1-3H3. The number of rotatable bonds is 7. The van der Waals surface area contributed by atoms with Crippen LogP contribution in [0.4, 0.5) is 0 Å². The van der Waals surface area contributed by atoms with Gasteiger partial charge in [0.1, 0.15) is 0 Å². The summed E-state index contributed by atoms with van der Waals surface area (Å²) in [6.07, 6.45) is 2.72. The minimum Gasteiger partial charge on any atom is -0.493 e. The van der Waals surface area contributed by atoms with Crippen LogP contribution in [0.25, 0.3) is 0 Å². The third-order valence-electron chi connectivity index (χ3n) is 4.34. The Labute approximate surface area is 134 Å². The number of piperidine rings is 1. The van der Waals surface area contributed by atoms with Gasteiger partial charge in [0.2, 0.25) is 0 Å². The second kappa shape index (κ2) is 8.39. The van der Waals surface area contributed by atoms with E-state index in [-0.39, 0.29) is 6.10 Å². The molecule has 0 radical (unpaired) electrons. The first-order chi connectivity index (χ1) is 10.7. The normalized spacial score (nSPS) is 22.5. The maximum Gasteiger partial charge on any atom is 0.161 e. The first kappa shape index (κ1) is 17.1. The number of ether oxygens (including phenoxy) is 2. The van der Waals surface area contributed by atoms with Gasteiger partial charge in [-0.1, -0.05) is 13.0 Å². The highest BCUT2D eigenvalue weighted by Crippen LogP contribution is 2.30. The monoisotopic (exact) mass is 307 g/mol. The van der Waals surface area contributed by atoms with E-state index in [9.17, 15) is 5.11 Å². The Morgan fingerprint density at radius 2 is 2.09 bits per heavy atom. The summed E-state index contributed by atoms with van der Waals surface area (Å²) in [4.78, 5) is 2.46. The number of aliphatic hydroxyl groups excluding tert-OH is 1. The molecular formula is C18H29NO3. The van der Waals surface area contributed by atoms with Crippen LogP contribution in [-0.4, -0.2) is 49.5 Å². The van der Waals surface area contributed by atoms with Gasteiger partial charge >= 0.3 is 0 Å². The van der Waals surface area contributed by atoms with E-state index >= 15 is 0 Å². The number of benzene rings is 1. The number of hydrogen-bond donors (Lipinski definition) is 1. The van der Waals surface area contributed by atoms with Crippen molar-refractivity contribution in [1.29, 1.82) is 0 Å². The molecule has 1 aliphatic heterocycles. The number of methoxy groups -OCH3 is 1. The van der Waals surface area contributed by atoms with Crippen molar-refractivity contribution in [3.8, 4) is 11.5 Å². The Hall–Kier alpha value is -1.26. The van der Waals surface area contributed by atoms with E-state index in [2.05, 4.69) is 17.9 Å². The molecule has 2 atom stereocenters. The SMILES string of the molecule is CCCN1CCC(O)C(Cc2ccc(OC)c(OCC)c2)C1. The number of hydrogen-bond acceptors (Lipinski definition) is 4. The first-order valence-electron chi connectivity index (χ1n) is 8.38. The molecule has 1 saturated heterocycles. The van der Waals surface area contributed by atoms with Crippen LogP contribution in [0.3, 0.4) is 0 Å². The van der Waals surface area contributed by atoms with Crippen molar-refractivity contribution < 1.29 is 14.6 Å². The summed E-state index contributed by atoms with van der Waals surface area (Å²) >= 11 is 0. The van der Waals surface area contributed by atoms with Crippen LogP contribution >= 0.6 is 0 Å². The molecule has 1 aromatic carbocycles. The number of nitrogens with zero attached hydrogens (tertiary/aromatic N) is 1. The lowest BCUT2D eigenvalue weighted by Crippen LogP contribution is -2.44. The fourth-order valence-corrected chi connectivity index (χ4v) is 3.23. The molecule has 2 rings (SSSR count). The molecule has 1 heterocycles. The molecule has 0 bridgehead atoms. The predicted molar refractivity (Wildman–Crippen MR) is 88.7 cm³/mol. The second-order valence-corrected chi connectivity index (χ2v) is 6.04. The zero-order valence-corrected chi connectivity index (χ0v) is 14.0. The van der Waals surface area contributed by atoms with Gasteiger partial charge in [-0.3, -0.25) is 0 Å². The van der Waals surface area contributed by atoms with Crippen molar-refractivity contribution >= 4 is 0 Å². The highest BCUT2D eigenvalue weighted by Gasteiger charge is 2.27. The zero-order chi connectivity index (χ0) is 15.9. The summed E-state index contributed by atoms with van der Waals surface area (Å²) in [6, 6.07) is 6.08. The van der Waals surface area contributed by atoms with Gasteiger partial charge in [-0.25, -0.2) is 0 Å². The molecule has 4 nitrogen and oxygen atoms in total. The Morgan fingerprint density at radius 1 is 1.27 bits per heavy atom. The molecule has 1 aliphatic rings. The van der Waals surface area contributed by atoms with E-state index in [1.54, 1.807) is 7.11 Å². The maximum atomic E-state index is 10.3. The van der Waals surface area contributed by atoms with E-state index in [4.69, 9.17) is 9.47 Å². The van der Waals surface area contributed by atoms with Crippen LogP contribution in [-0.2, 0) is 6.42 Å². The largest absolute Gasteiger partial charge is 0.493 e. The highest BCUT2D eigenvalue weighted by atomic mass is 16.5. The van der Waals surface area contributed by atoms with Crippen molar-refractivity contribution in [2.24, 2.45) is 5.92 Å². The van der Waals surface area contributed by atoms with Gasteiger partial charge in [0.05, 0.1) is 19.8 Å². The molecule has 124 valence electrons. The van der Waals surface area contributed by atoms with Crippen LogP contribution in [0.15, 0.2) is 18.2 Å². The van der Waals surface area contributed by atoms with E-state index in [1.165, 1.54) is 12.0 Å². The minimum absolute atomic E-state index is 0.203. The molecule has 0 aliphatic carbocycles. The summed E-state index contributed by atoms with van der Waals surface area (Å²) in [5.41, 5.74) is 1.20. The lowest BCUT2D eigenvalue weighted by molar-refractivity contribution is 0.0270. The maximum absolute atomic E-state index is 10.3. The van der Waals surface area contributed by atoms with E-state index < -0.39 is 0 Å². The third-order valence-corrected chi connectivity index (χ3v) is 4.34. The third kappa shape index (κ3) is 4.37. The first-order valence-corrected chi connectivity index (χ1v) is 8.38. The summed E-state index contributed by atoms with van der Waals surface area (Å²) in [6.45, 7) is 7.91. The van der Waals surface area contributed by atoms with Crippen molar-refractivity contribution in [3.63, 3.8) is 0 Å². The lowest BCUT2D eigenvalue weighted by atomic mass is 9.88. The summed E-state index contributed by atoms with van der Waals surface area (Å²) in [5.74, 6) is 1.85. The van der Waals surface area contributed by atoms with E-state index in [0.717, 1.165) is 44.0 Å². The average molecular weight is 307 g/mol. The fourth-order valence-electron chi connectivity index (χ4n) is 3.23. The molecular weight excluding hydrogens is 278 g/mol. The van der Waals surface area contributed by atoms with Crippen LogP contribution in [0.2, 0.25) is 0 Å². The van der Waals surface area contributed by atoms with Gasteiger partial charge in [-0.2, -0.15) is 0 Å². The molecule has 0 spiro atoms. The summed E-state index contributed by atoms with van der Waals surface area (Å²) in [7, 11) is 1.66. The van der Waals surface area contributed by atoms with Gasteiger partial charge < -0.3 is 19.5 Å². The topological polar surface area (TPSA) is 41.9 Å². The Morgan fingerprint density at radius 3 is 2.77 bits per heavy atom. The molecule has 1 fully saturated rings. The zero-order valence-electron chi connectivity index (χ0n) is 14.0. The summed E-state index contributed by atoms with van der Waals surface area (Å²) < 4.78 is 11.0. The predicted octanol–water partition coefficient (Wildman–Crippen LogP) is 2.73. The van der Waals surface area contributed by atoms with Crippen LogP contribution < -0.4 is 9.47 Å². The second-order valence-electron chi connectivity index (χ2n) is 6.04. The quantitative estimate of drug-likeness (QED) is 0.841. The van der Waals surface area contributed by atoms with E-state index in [1.807, 2.05) is 19.1 Å². The molecule has 22 heavy (non-hydrogen) atoms. The molecule has 0 aromatic heterocycles. The number of likely N-dealkylation sites (tertiary alicyclic amines) is 1. The van der Waals surface area contributed by atoms with Crippen molar-refractivity contribution in [2.45, 2.75) is 39.2 Å². The summed E-state index contributed by atoms with van der Waals surface area (Å²) in [5, 5.41) is 10.3. The number of aliphatic hydroxyl groups is 1. The van der Waals surface area contributed by atoms with Crippen LogP contribution in [0.5, 0.6) is 11.5 Å². The Balaban J connectivity index is 2.06. The Kier molecular flexibility index (Phi) is 6.52.